The van der Waals surface area contributed by atoms with E-state index in [-0.39, 0.29) is 11.9 Å². The molecule has 3 aromatic rings. The zero-order valence-electron chi connectivity index (χ0n) is 15.2. The maximum Gasteiger partial charge on any atom is 0.273 e. The number of nitrogens with zero attached hydrogens (tertiary/aromatic N) is 3. The molecule has 2 heterocycles. The monoisotopic (exact) mass is 350 g/mol. The van der Waals surface area contributed by atoms with Crippen molar-refractivity contribution in [3.05, 3.63) is 64.8 Å². The van der Waals surface area contributed by atoms with Crippen LogP contribution in [0.4, 0.5) is 0 Å². The number of benzene rings is 1. The second-order valence-corrected chi connectivity index (χ2v) is 6.97. The van der Waals surface area contributed by atoms with Crippen molar-refractivity contribution in [3.8, 4) is 5.69 Å². The van der Waals surface area contributed by atoms with Gasteiger partial charge in [0.2, 0.25) is 0 Å². The van der Waals surface area contributed by atoms with Crippen LogP contribution < -0.4 is 5.32 Å². The highest BCUT2D eigenvalue weighted by molar-refractivity contribution is 5.92. The summed E-state index contributed by atoms with van der Waals surface area (Å²) >= 11 is 0. The van der Waals surface area contributed by atoms with Crippen molar-refractivity contribution in [2.75, 3.05) is 0 Å². The number of carbonyl (C=O) groups excluding carboxylic acids is 1. The van der Waals surface area contributed by atoms with Crippen LogP contribution in [0.3, 0.4) is 0 Å². The van der Waals surface area contributed by atoms with E-state index in [9.17, 15) is 4.79 Å². The maximum absolute atomic E-state index is 12.5. The summed E-state index contributed by atoms with van der Waals surface area (Å²) in [5.74, 6) is 1.03. The molecule has 0 aliphatic heterocycles. The molecule has 4 rings (SSSR count). The number of amides is 1. The van der Waals surface area contributed by atoms with Crippen LogP contribution in [0.15, 0.2) is 41.1 Å². The summed E-state index contributed by atoms with van der Waals surface area (Å²) in [4.78, 5) is 12.5. The van der Waals surface area contributed by atoms with Gasteiger partial charge < -0.3 is 9.84 Å². The minimum Gasteiger partial charge on any atom is -0.360 e. The molecule has 1 aliphatic carbocycles. The van der Waals surface area contributed by atoms with Crippen LogP contribution in [-0.2, 0) is 0 Å². The fourth-order valence-corrected chi connectivity index (χ4v) is 3.20. The fraction of sp³-hybridized carbons (Fsp3) is 0.350. The first-order valence-electron chi connectivity index (χ1n) is 8.92. The van der Waals surface area contributed by atoms with Crippen molar-refractivity contribution in [3.63, 3.8) is 0 Å². The number of rotatable bonds is 5. The molecule has 1 aromatic carbocycles. The van der Waals surface area contributed by atoms with Gasteiger partial charge in [-0.05, 0) is 45.2 Å². The lowest BCUT2D eigenvalue weighted by molar-refractivity contribution is 0.0930. The number of aromatic nitrogens is 3. The molecule has 1 aliphatic rings. The molecule has 2 aromatic heterocycles. The van der Waals surface area contributed by atoms with Gasteiger partial charge in [0.05, 0.1) is 17.9 Å². The average molecular weight is 350 g/mol. The quantitative estimate of drug-likeness (QED) is 0.759. The lowest BCUT2D eigenvalue weighted by Crippen LogP contribution is -2.27. The summed E-state index contributed by atoms with van der Waals surface area (Å²) in [6, 6.07) is 9.68. The van der Waals surface area contributed by atoms with E-state index in [4.69, 9.17) is 4.52 Å². The third-order valence-electron chi connectivity index (χ3n) is 4.95. The molecule has 0 spiro atoms. The van der Waals surface area contributed by atoms with E-state index < -0.39 is 0 Å². The molecule has 6 heteroatoms. The summed E-state index contributed by atoms with van der Waals surface area (Å²) < 4.78 is 7.18. The van der Waals surface area contributed by atoms with Gasteiger partial charge in [0.25, 0.3) is 5.91 Å². The van der Waals surface area contributed by atoms with Gasteiger partial charge in [-0.2, -0.15) is 5.10 Å². The van der Waals surface area contributed by atoms with Crippen LogP contribution in [0.5, 0.6) is 0 Å². The van der Waals surface area contributed by atoms with Crippen molar-refractivity contribution in [2.24, 2.45) is 0 Å². The van der Waals surface area contributed by atoms with E-state index in [1.807, 2.05) is 42.9 Å². The Morgan fingerprint density at radius 2 is 2.08 bits per heavy atom. The van der Waals surface area contributed by atoms with E-state index in [0.717, 1.165) is 41.1 Å². The van der Waals surface area contributed by atoms with E-state index >= 15 is 0 Å². The Balaban J connectivity index is 1.52. The van der Waals surface area contributed by atoms with Crippen LogP contribution in [-0.4, -0.2) is 20.8 Å². The zero-order chi connectivity index (χ0) is 18.3. The second kappa shape index (κ2) is 6.44. The van der Waals surface area contributed by atoms with Gasteiger partial charge in [-0.15, -0.1) is 0 Å². The van der Waals surface area contributed by atoms with E-state index in [1.54, 1.807) is 6.07 Å². The van der Waals surface area contributed by atoms with Crippen LogP contribution in [0, 0.1) is 13.8 Å². The number of carbonyl (C=O) groups is 1. The predicted molar refractivity (Wildman–Crippen MR) is 97.4 cm³/mol. The number of aryl methyl sites for hydroxylation is 1. The van der Waals surface area contributed by atoms with Gasteiger partial charge in [-0.3, -0.25) is 4.79 Å². The van der Waals surface area contributed by atoms with Crippen molar-refractivity contribution < 1.29 is 9.32 Å². The van der Waals surface area contributed by atoms with Crippen molar-refractivity contribution in [1.29, 1.82) is 0 Å². The summed E-state index contributed by atoms with van der Waals surface area (Å²) in [7, 11) is 0. The van der Waals surface area contributed by atoms with Crippen LogP contribution in [0.1, 0.15) is 64.8 Å². The van der Waals surface area contributed by atoms with Crippen LogP contribution in [0.25, 0.3) is 5.69 Å². The number of para-hydroxylation sites is 1. The van der Waals surface area contributed by atoms with Gasteiger partial charge in [-0.25, -0.2) is 4.68 Å². The zero-order valence-corrected chi connectivity index (χ0v) is 15.2. The minimum absolute atomic E-state index is 0.179. The third kappa shape index (κ3) is 3.03. The molecule has 134 valence electrons. The molecule has 6 nitrogen and oxygen atoms in total. The van der Waals surface area contributed by atoms with Gasteiger partial charge >= 0.3 is 0 Å². The van der Waals surface area contributed by atoms with E-state index in [0.29, 0.717) is 11.6 Å². The second-order valence-electron chi connectivity index (χ2n) is 6.97. The SMILES string of the molecule is Cc1ccccc1-n1ncc([C@H](C)NC(=O)c2cc(C3CC3)on2)c1C. The molecule has 0 unspecified atom stereocenters. The van der Waals surface area contributed by atoms with Gasteiger partial charge in [0, 0.05) is 23.2 Å². The number of hydrogen-bond acceptors (Lipinski definition) is 4. The summed E-state index contributed by atoms with van der Waals surface area (Å²) in [6.07, 6.45) is 4.04. The summed E-state index contributed by atoms with van der Waals surface area (Å²) in [5, 5.41) is 11.4. The Hall–Kier alpha value is -2.89. The average Bonchev–Trinajstić information content (AvgIpc) is 3.22. The minimum atomic E-state index is -0.226. The van der Waals surface area contributed by atoms with Crippen molar-refractivity contribution >= 4 is 5.91 Å². The Kier molecular flexibility index (Phi) is 4.11. The third-order valence-corrected chi connectivity index (χ3v) is 4.95. The molecule has 1 saturated carbocycles. The first-order valence-corrected chi connectivity index (χ1v) is 8.92. The molecule has 1 fully saturated rings. The lowest BCUT2D eigenvalue weighted by atomic mass is 10.1. The topological polar surface area (TPSA) is 73.0 Å². The molecule has 1 amide bonds. The Labute approximate surface area is 152 Å². The normalized spacial score (nSPS) is 15.0. The van der Waals surface area contributed by atoms with E-state index in [2.05, 4.69) is 28.6 Å². The van der Waals surface area contributed by atoms with Gasteiger partial charge in [0.15, 0.2) is 5.69 Å². The number of nitrogens with one attached hydrogen (secondary N) is 1. The predicted octanol–water partition coefficient (Wildman–Crippen LogP) is 3.85. The molecule has 0 radical (unpaired) electrons. The smallest absolute Gasteiger partial charge is 0.273 e. The highest BCUT2D eigenvalue weighted by Crippen LogP contribution is 2.40. The summed E-state index contributed by atoms with van der Waals surface area (Å²) in [6.45, 7) is 6.02. The molecular weight excluding hydrogens is 328 g/mol. The first kappa shape index (κ1) is 16.6. The highest BCUT2D eigenvalue weighted by Gasteiger charge is 2.29. The lowest BCUT2D eigenvalue weighted by Gasteiger charge is -2.14. The van der Waals surface area contributed by atoms with E-state index in [1.165, 1.54) is 0 Å². The van der Waals surface area contributed by atoms with Crippen LogP contribution in [0.2, 0.25) is 0 Å². The molecule has 0 saturated heterocycles. The molecule has 26 heavy (non-hydrogen) atoms. The van der Waals surface area contributed by atoms with Crippen molar-refractivity contribution in [1.82, 2.24) is 20.3 Å². The molecular formula is C20H22N4O2. The Bertz CT molecular complexity index is 952. The Morgan fingerprint density at radius 3 is 2.81 bits per heavy atom. The maximum atomic E-state index is 12.5. The van der Waals surface area contributed by atoms with Crippen molar-refractivity contribution in [2.45, 2.75) is 45.6 Å². The summed E-state index contributed by atoms with van der Waals surface area (Å²) in [5.41, 5.74) is 4.51. The molecule has 1 atom stereocenters. The van der Waals surface area contributed by atoms with Gasteiger partial charge in [0.1, 0.15) is 5.76 Å². The first-order chi connectivity index (χ1) is 12.5. The fourth-order valence-electron chi connectivity index (χ4n) is 3.20. The largest absolute Gasteiger partial charge is 0.360 e. The highest BCUT2D eigenvalue weighted by atomic mass is 16.5. The molecule has 1 N–H and O–H groups in total. The molecule has 0 bridgehead atoms. The standard InChI is InChI=1S/C20H22N4O2/c1-12-6-4-5-7-18(12)24-14(3)16(11-21-24)13(2)22-20(25)17-10-19(26-23-17)15-8-9-15/h4-7,10-11,13,15H,8-9H2,1-3H3,(H,22,25)/t13-/m0/s1. The Morgan fingerprint density at radius 1 is 1.31 bits per heavy atom. The number of hydrogen-bond donors (Lipinski definition) is 1. The van der Waals surface area contributed by atoms with Crippen LogP contribution >= 0.6 is 0 Å². The van der Waals surface area contributed by atoms with Gasteiger partial charge in [-0.1, -0.05) is 23.4 Å².